The number of fused-ring (bicyclic) bond motifs is 1. The van der Waals surface area contributed by atoms with Gasteiger partial charge in [0.25, 0.3) is 0 Å². The van der Waals surface area contributed by atoms with E-state index >= 15 is 0 Å². The van der Waals surface area contributed by atoms with Gasteiger partial charge in [0, 0.05) is 17.8 Å². The van der Waals surface area contributed by atoms with Crippen molar-refractivity contribution in [2.45, 2.75) is 58.3 Å². The lowest BCUT2D eigenvalue weighted by molar-refractivity contribution is 0.176. The molecule has 1 fully saturated rings. The third kappa shape index (κ3) is 5.50. The van der Waals surface area contributed by atoms with Crippen LogP contribution in [0.1, 0.15) is 63.9 Å². The molecule has 0 spiro atoms. The van der Waals surface area contributed by atoms with E-state index in [1.54, 1.807) is 4.40 Å². The van der Waals surface area contributed by atoms with Crippen molar-refractivity contribution in [3.05, 3.63) is 30.5 Å². The predicted octanol–water partition coefficient (Wildman–Crippen LogP) is 4.38. The average Bonchev–Trinajstić information content (AvgIpc) is 3.45. The molecule has 0 radical (unpaired) electrons. The van der Waals surface area contributed by atoms with Gasteiger partial charge in [-0.3, -0.25) is 9.12 Å². The predicted molar refractivity (Wildman–Crippen MR) is 116 cm³/mol. The maximum Gasteiger partial charge on any atom is 0.242 e. The molecular formula is C21H32N4O3S. The molecule has 2 aromatic rings. The molecule has 0 aliphatic heterocycles. The summed E-state index contributed by atoms with van der Waals surface area (Å²) in [6.45, 7) is 9.01. The summed E-state index contributed by atoms with van der Waals surface area (Å²) >= 11 is 0. The first-order chi connectivity index (χ1) is 13.9. The van der Waals surface area contributed by atoms with E-state index in [1.165, 1.54) is 0 Å². The number of aromatic nitrogens is 3. The summed E-state index contributed by atoms with van der Waals surface area (Å²) in [5.74, 6) is 2.60. The first-order valence-corrected chi connectivity index (χ1v) is 12.4. The van der Waals surface area contributed by atoms with Crippen molar-refractivity contribution in [2.24, 2.45) is 11.8 Å². The van der Waals surface area contributed by atoms with Gasteiger partial charge >= 0.3 is 0 Å². The lowest BCUT2D eigenvalue weighted by atomic mass is 9.85. The van der Waals surface area contributed by atoms with E-state index in [1.807, 2.05) is 18.3 Å². The number of nitrogens with one attached hydrogen (secondary N) is 1. The van der Waals surface area contributed by atoms with E-state index in [2.05, 4.69) is 35.3 Å². The summed E-state index contributed by atoms with van der Waals surface area (Å²) in [5, 5.41) is 8.11. The molecule has 1 saturated carbocycles. The van der Waals surface area contributed by atoms with Gasteiger partial charge in [0.15, 0.2) is 5.65 Å². The molecule has 0 bridgehead atoms. The van der Waals surface area contributed by atoms with E-state index in [9.17, 15) is 8.42 Å². The van der Waals surface area contributed by atoms with Crippen LogP contribution in [0.25, 0.3) is 5.65 Å². The van der Waals surface area contributed by atoms with Crippen molar-refractivity contribution >= 4 is 21.6 Å². The Balaban J connectivity index is 1.86. The standard InChI is InChI=1S/C21H32N4O3S/c1-5-8-9-17(15(6-2)7-3)14-28-19-12-20-22-23-21(24-29(4,26)27)25(20)13-18(19)16-10-11-16/h5,12-13,15-17H,1,6-11,14H2,2-4H3,(H,23,24)/t17-/m1/s1. The van der Waals surface area contributed by atoms with Gasteiger partial charge in [0.1, 0.15) is 5.75 Å². The molecule has 160 valence electrons. The molecule has 29 heavy (non-hydrogen) atoms. The molecule has 1 aliphatic rings. The van der Waals surface area contributed by atoms with E-state index in [0.29, 0.717) is 30.0 Å². The Morgan fingerprint density at radius 1 is 1.31 bits per heavy atom. The topological polar surface area (TPSA) is 85.6 Å². The Kier molecular flexibility index (Phi) is 6.82. The molecule has 0 unspecified atom stereocenters. The molecule has 1 aliphatic carbocycles. The second-order valence-electron chi connectivity index (χ2n) is 8.01. The van der Waals surface area contributed by atoms with Crippen molar-refractivity contribution in [3.63, 3.8) is 0 Å². The van der Waals surface area contributed by atoms with E-state index in [0.717, 1.165) is 56.1 Å². The Labute approximate surface area is 173 Å². The van der Waals surface area contributed by atoms with Crippen LogP contribution in [0.5, 0.6) is 5.75 Å². The summed E-state index contributed by atoms with van der Waals surface area (Å²) < 4.78 is 33.7. The van der Waals surface area contributed by atoms with Gasteiger partial charge in [-0.25, -0.2) is 8.42 Å². The molecular weight excluding hydrogens is 388 g/mol. The van der Waals surface area contributed by atoms with Crippen molar-refractivity contribution in [1.82, 2.24) is 14.6 Å². The van der Waals surface area contributed by atoms with Gasteiger partial charge in [-0.15, -0.1) is 16.8 Å². The summed E-state index contributed by atoms with van der Waals surface area (Å²) in [5.41, 5.74) is 1.67. The van der Waals surface area contributed by atoms with Crippen LogP contribution in [0.4, 0.5) is 5.95 Å². The zero-order valence-electron chi connectivity index (χ0n) is 17.6. The van der Waals surface area contributed by atoms with Crippen molar-refractivity contribution in [3.8, 4) is 5.75 Å². The number of rotatable bonds is 12. The van der Waals surface area contributed by atoms with Crippen LogP contribution in [-0.4, -0.2) is 35.9 Å². The van der Waals surface area contributed by atoms with Crippen LogP contribution in [0.3, 0.4) is 0 Å². The van der Waals surface area contributed by atoms with Crippen molar-refractivity contribution in [2.75, 3.05) is 17.6 Å². The van der Waals surface area contributed by atoms with E-state index in [4.69, 9.17) is 4.74 Å². The maximum atomic E-state index is 11.6. The normalized spacial score (nSPS) is 15.6. The molecule has 3 rings (SSSR count). The first kappa shape index (κ1) is 21.6. The number of hydrogen-bond donors (Lipinski definition) is 1. The highest BCUT2D eigenvalue weighted by Gasteiger charge is 2.29. The monoisotopic (exact) mass is 420 g/mol. The van der Waals surface area contributed by atoms with E-state index < -0.39 is 10.0 Å². The van der Waals surface area contributed by atoms with Gasteiger partial charge in [-0.05, 0) is 43.4 Å². The molecule has 2 heterocycles. The zero-order chi connectivity index (χ0) is 21.0. The first-order valence-electron chi connectivity index (χ1n) is 10.5. The molecule has 2 aromatic heterocycles. The largest absolute Gasteiger partial charge is 0.493 e. The minimum atomic E-state index is -3.42. The second-order valence-corrected chi connectivity index (χ2v) is 9.76. The van der Waals surface area contributed by atoms with Gasteiger partial charge in [0.2, 0.25) is 16.0 Å². The van der Waals surface area contributed by atoms with Crippen molar-refractivity contribution in [1.29, 1.82) is 0 Å². The Morgan fingerprint density at radius 3 is 2.62 bits per heavy atom. The van der Waals surface area contributed by atoms with Gasteiger partial charge in [-0.1, -0.05) is 32.8 Å². The lowest BCUT2D eigenvalue weighted by Gasteiger charge is -2.25. The zero-order valence-corrected chi connectivity index (χ0v) is 18.4. The summed E-state index contributed by atoms with van der Waals surface area (Å²) in [7, 11) is -3.42. The van der Waals surface area contributed by atoms with Gasteiger partial charge in [0.05, 0.1) is 12.9 Å². The fourth-order valence-corrected chi connectivity index (χ4v) is 4.40. The highest BCUT2D eigenvalue weighted by molar-refractivity contribution is 7.91. The van der Waals surface area contributed by atoms with Crippen molar-refractivity contribution < 1.29 is 13.2 Å². The number of anilines is 1. The smallest absolute Gasteiger partial charge is 0.242 e. The highest BCUT2D eigenvalue weighted by Crippen LogP contribution is 2.45. The molecule has 1 N–H and O–H groups in total. The maximum absolute atomic E-state index is 11.6. The fourth-order valence-electron chi connectivity index (χ4n) is 3.93. The Hall–Kier alpha value is -2.09. The molecule has 1 atom stereocenters. The highest BCUT2D eigenvalue weighted by atomic mass is 32.2. The number of ether oxygens (including phenoxy) is 1. The number of nitrogens with zero attached hydrogens (tertiary/aromatic N) is 3. The minimum absolute atomic E-state index is 0.205. The van der Waals surface area contributed by atoms with Crippen LogP contribution >= 0.6 is 0 Å². The van der Waals surface area contributed by atoms with Crippen LogP contribution in [0, 0.1) is 11.8 Å². The summed E-state index contributed by atoms with van der Waals surface area (Å²) in [6, 6.07) is 1.88. The van der Waals surface area contributed by atoms with Gasteiger partial charge < -0.3 is 4.74 Å². The minimum Gasteiger partial charge on any atom is -0.493 e. The third-order valence-corrected chi connectivity index (χ3v) is 6.29. The Morgan fingerprint density at radius 2 is 2.03 bits per heavy atom. The van der Waals surface area contributed by atoms with Crippen LogP contribution < -0.4 is 9.46 Å². The number of sulfonamides is 1. The van der Waals surface area contributed by atoms with E-state index in [-0.39, 0.29) is 5.95 Å². The summed E-state index contributed by atoms with van der Waals surface area (Å²) in [4.78, 5) is 0. The number of pyridine rings is 1. The second kappa shape index (κ2) is 9.15. The third-order valence-electron chi connectivity index (χ3n) is 5.74. The summed E-state index contributed by atoms with van der Waals surface area (Å²) in [6.07, 6.45) is 11.6. The molecule has 0 saturated heterocycles. The Bertz CT molecular complexity index is 946. The molecule has 0 amide bonds. The number of allylic oxidation sites excluding steroid dienone is 1. The lowest BCUT2D eigenvalue weighted by Crippen LogP contribution is -2.21. The van der Waals surface area contributed by atoms with Crippen LogP contribution in [-0.2, 0) is 10.0 Å². The van der Waals surface area contributed by atoms with Crippen LogP contribution in [0.15, 0.2) is 24.9 Å². The average molecular weight is 421 g/mol. The number of hydrogen-bond acceptors (Lipinski definition) is 5. The fraction of sp³-hybridized carbons (Fsp3) is 0.619. The van der Waals surface area contributed by atoms with Crippen LogP contribution in [0.2, 0.25) is 0 Å². The quantitative estimate of drug-likeness (QED) is 0.515. The molecule has 0 aromatic carbocycles. The molecule has 7 nitrogen and oxygen atoms in total. The SMILES string of the molecule is C=CCC[C@H](COc1cc2nnc(NS(C)(=O)=O)n2cc1C1CC1)C(CC)CC. The molecule has 8 heteroatoms. The van der Waals surface area contributed by atoms with Gasteiger partial charge in [-0.2, -0.15) is 0 Å².